The number of hydrogen-bond donors (Lipinski definition) is 0. The van der Waals surface area contributed by atoms with Crippen molar-refractivity contribution in [2.24, 2.45) is 0 Å². The van der Waals surface area contributed by atoms with Crippen LogP contribution in [0.2, 0.25) is 0 Å². The molecule has 0 bridgehead atoms. The number of aromatic nitrogens is 4. The maximum absolute atomic E-state index is 4.41. The van der Waals surface area contributed by atoms with Crippen LogP contribution in [0.15, 0.2) is 91.5 Å². The number of rotatable bonds is 0. The normalized spacial score (nSPS) is 10.6. The van der Waals surface area contributed by atoms with Crippen molar-refractivity contribution in [3.8, 4) is 0 Å². The maximum Gasteiger partial charge on any atom is 0.0967 e. The molecule has 0 atom stereocenters. The molecule has 0 unspecified atom stereocenters. The Morgan fingerprint density at radius 3 is 1.50 bits per heavy atom. The molecule has 4 nitrogen and oxygen atoms in total. The van der Waals surface area contributed by atoms with Gasteiger partial charge < -0.3 is 0 Å². The van der Waals surface area contributed by atoms with Crippen LogP contribution in [-0.2, 0) is 17.1 Å². The second-order valence-electron chi connectivity index (χ2n) is 6.88. The molecule has 0 spiro atoms. The smallest absolute Gasteiger partial charge is 0.0967 e. The summed E-state index contributed by atoms with van der Waals surface area (Å²) in [6, 6.07) is 22.4. The molecule has 4 heterocycles. The third-order valence-corrected chi connectivity index (χ3v) is 5.01. The van der Waals surface area contributed by atoms with Crippen LogP contribution in [0.4, 0.5) is 0 Å². The third kappa shape index (κ3) is 3.61. The molecule has 0 N–H and O–H groups in total. The van der Waals surface area contributed by atoms with Gasteiger partial charge in [0.15, 0.2) is 0 Å². The van der Waals surface area contributed by atoms with Crippen LogP contribution >= 0.6 is 0 Å². The van der Waals surface area contributed by atoms with Gasteiger partial charge in [-0.1, -0.05) is 36.4 Å². The summed E-state index contributed by atoms with van der Waals surface area (Å²) in [4.78, 5) is 17.5. The molecule has 30 heavy (non-hydrogen) atoms. The maximum atomic E-state index is 4.41. The summed E-state index contributed by atoms with van der Waals surface area (Å²) in [6.07, 6.45) is 7.23. The number of hydrogen-bond acceptors (Lipinski definition) is 4. The number of benzene rings is 2. The van der Waals surface area contributed by atoms with Gasteiger partial charge in [-0.25, -0.2) is 0 Å². The summed E-state index contributed by atoms with van der Waals surface area (Å²) < 4.78 is 0. The Hall–Kier alpha value is -3.40. The van der Waals surface area contributed by atoms with Crippen LogP contribution in [0.5, 0.6) is 0 Å². The molecule has 0 amide bonds. The van der Waals surface area contributed by atoms with Crippen LogP contribution < -0.4 is 0 Å². The zero-order valence-electron chi connectivity index (χ0n) is 16.3. The first-order valence-corrected chi connectivity index (χ1v) is 9.49. The van der Waals surface area contributed by atoms with E-state index in [4.69, 9.17) is 0 Å². The minimum Gasteiger partial charge on any atom is -0.254 e. The van der Waals surface area contributed by atoms with Crippen molar-refractivity contribution >= 4 is 43.6 Å². The quantitative estimate of drug-likeness (QED) is 0.220. The number of pyridine rings is 4. The number of aryl methyl sites for hydroxylation is 1. The molecule has 6 aromatic rings. The van der Waals surface area contributed by atoms with E-state index >= 15 is 0 Å². The molecule has 0 saturated heterocycles. The summed E-state index contributed by atoms with van der Waals surface area (Å²) in [7, 11) is 0. The Labute approximate surface area is 184 Å². The summed E-state index contributed by atoms with van der Waals surface area (Å²) in [6.45, 7) is 2.11. The van der Waals surface area contributed by atoms with Gasteiger partial charge in [0.25, 0.3) is 0 Å². The topological polar surface area (TPSA) is 51.6 Å². The Morgan fingerprint density at radius 1 is 0.500 bits per heavy atom. The molecule has 149 valence electrons. The van der Waals surface area contributed by atoms with E-state index in [-0.39, 0.29) is 17.1 Å². The SMILES string of the molecule is Cc1cc2cccnc2c2ncccc12.[Cu].c1cnc2c(c1)ccc1cccnc12. The molecule has 0 aliphatic heterocycles. The van der Waals surface area contributed by atoms with Gasteiger partial charge in [-0.15, -0.1) is 0 Å². The first-order chi connectivity index (χ1) is 14.3. The second-order valence-corrected chi connectivity index (χ2v) is 6.88. The van der Waals surface area contributed by atoms with Gasteiger partial charge in [-0.3, -0.25) is 19.9 Å². The van der Waals surface area contributed by atoms with E-state index in [1.807, 2.05) is 36.7 Å². The van der Waals surface area contributed by atoms with Crippen molar-refractivity contribution in [1.29, 1.82) is 0 Å². The monoisotopic (exact) mass is 437 g/mol. The van der Waals surface area contributed by atoms with Crippen molar-refractivity contribution in [1.82, 2.24) is 19.9 Å². The summed E-state index contributed by atoms with van der Waals surface area (Å²) >= 11 is 0. The summed E-state index contributed by atoms with van der Waals surface area (Å²) in [5.74, 6) is 0. The van der Waals surface area contributed by atoms with E-state index in [9.17, 15) is 0 Å². The molecule has 0 aliphatic rings. The fourth-order valence-corrected chi connectivity index (χ4v) is 3.64. The number of nitrogens with zero attached hydrogens (tertiary/aromatic N) is 4. The molecule has 2 aromatic carbocycles. The molecule has 1 radical (unpaired) electrons. The molecule has 0 fully saturated rings. The second kappa shape index (κ2) is 8.54. The van der Waals surface area contributed by atoms with Crippen molar-refractivity contribution in [3.05, 3.63) is 97.1 Å². The Kier molecular flexibility index (Phi) is 5.66. The van der Waals surface area contributed by atoms with Gasteiger partial charge in [0, 0.05) is 63.4 Å². The summed E-state index contributed by atoms with van der Waals surface area (Å²) in [5.41, 5.74) is 5.18. The van der Waals surface area contributed by atoms with Gasteiger partial charge in [0.1, 0.15) is 0 Å². The molecular weight excluding hydrogens is 420 g/mol. The average molecular weight is 438 g/mol. The first-order valence-electron chi connectivity index (χ1n) is 9.49. The Balaban J connectivity index is 0.000000141. The van der Waals surface area contributed by atoms with Crippen molar-refractivity contribution in [2.75, 3.05) is 0 Å². The van der Waals surface area contributed by atoms with Gasteiger partial charge in [-0.2, -0.15) is 0 Å². The minimum atomic E-state index is 0. The van der Waals surface area contributed by atoms with Gasteiger partial charge in [-0.05, 0) is 42.8 Å². The summed E-state index contributed by atoms with van der Waals surface area (Å²) in [5, 5.41) is 4.61. The van der Waals surface area contributed by atoms with E-state index in [1.165, 1.54) is 10.9 Å². The predicted molar refractivity (Wildman–Crippen MR) is 119 cm³/mol. The molecule has 4 aromatic heterocycles. The standard InChI is InChI=1S/C13H10N2.C12H8N2.Cu/c1-9-8-10-4-2-6-14-12(10)13-11(9)5-3-7-15-13;1-3-9-5-6-10-4-2-8-14-12(10)11(9)13-7-1;/h2-8H,1H3;1-8H;. The zero-order valence-corrected chi connectivity index (χ0v) is 17.2. The average Bonchev–Trinajstić information content (AvgIpc) is 2.80. The molecule has 0 saturated carbocycles. The van der Waals surface area contributed by atoms with E-state index in [2.05, 4.69) is 69.3 Å². The van der Waals surface area contributed by atoms with E-state index in [1.54, 1.807) is 12.4 Å². The van der Waals surface area contributed by atoms with Crippen molar-refractivity contribution < 1.29 is 17.1 Å². The van der Waals surface area contributed by atoms with Gasteiger partial charge >= 0.3 is 0 Å². The van der Waals surface area contributed by atoms with Crippen LogP contribution in [0.25, 0.3) is 43.6 Å². The van der Waals surface area contributed by atoms with Crippen LogP contribution in [0.3, 0.4) is 0 Å². The van der Waals surface area contributed by atoms with Crippen molar-refractivity contribution in [3.63, 3.8) is 0 Å². The van der Waals surface area contributed by atoms with Crippen molar-refractivity contribution in [2.45, 2.75) is 6.92 Å². The van der Waals surface area contributed by atoms with Crippen LogP contribution in [-0.4, -0.2) is 19.9 Å². The molecular formula is C25H18CuN4. The molecule has 6 rings (SSSR count). The van der Waals surface area contributed by atoms with Gasteiger partial charge in [0.2, 0.25) is 0 Å². The fourth-order valence-electron chi connectivity index (χ4n) is 3.64. The first kappa shape index (κ1) is 19.9. The number of fused-ring (bicyclic) bond motifs is 6. The van der Waals surface area contributed by atoms with Crippen LogP contribution in [0.1, 0.15) is 5.56 Å². The van der Waals surface area contributed by atoms with Gasteiger partial charge in [0.05, 0.1) is 22.1 Å². The van der Waals surface area contributed by atoms with E-state index < -0.39 is 0 Å². The molecule has 0 aliphatic carbocycles. The Morgan fingerprint density at radius 2 is 0.933 bits per heavy atom. The Bertz CT molecular complexity index is 1430. The third-order valence-electron chi connectivity index (χ3n) is 5.01. The van der Waals surface area contributed by atoms with E-state index in [0.717, 1.165) is 38.2 Å². The predicted octanol–water partition coefficient (Wildman–Crippen LogP) is 5.87. The van der Waals surface area contributed by atoms with Crippen LogP contribution in [0, 0.1) is 6.92 Å². The minimum absolute atomic E-state index is 0. The zero-order chi connectivity index (χ0) is 19.6. The van der Waals surface area contributed by atoms with E-state index in [0.29, 0.717) is 0 Å². The largest absolute Gasteiger partial charge is 0.254 e. The molecule has 5 heteroatoms. The fraction of sp³-hybridized carbons (Fsp3) is 0.0400.